The van der Waals surface area contributed by atoms with Crippen LogP contribution in [0.5, 0.6) is 0 Å². The molecule has 1 unspecified atom stereocenters. The molecule has 0 saturated carbocycles. The minimum atomic E-state index is -6.31. The molecule has 0 bridgehead atoms. The summed E-state index contributed by atoms with van der Waals surface area (Å²) >= 11 is 0.887. The molecule has 0 aromatic carbocycles. The number of rotatable bonds is 8. The van der Waals surface area contributed by atoms with Gasteiger partial charge in [-0.15, -0.1) is 11.8 Å². The molecule has 0 radical (unpaired) electrons. The molecule has 10 heteroatoms. The van der Waals surface area contributed by atoms with Crippen molar-refractivity contribution >= 4 is 17.7 Å². The largest absolute Gasteiger partial charge is 0.468 e. The Bertz CT molecular complexity index is 369. The van der Waals surface area contributed by atoms with Gasteiger partial charge in [0.2, 0.25) is 0 Å². The third-order valence-corrected chi connectivity index (χ3v) is 4.41. The van der Waals surface area contributed by atoms with Gasteiger partial charge >= 0.3 is 24.0 Å². The van der Waals surface area contributed by atoms with Gasteiger partial charge in [0.15, 0.2) is 0 Å². The van der Waals surface area contributed by atoms with Gasteiger partial charge in [-0.25, -0.2) is 0 Å². The zero-order valence-corrected chi connectivity index (χ0v) is 13.0. The molecule has 1 atom stereocenters. The maximum absolute atomic E-state index is 13.0. The van der Waals surface area contributed by atoms with Gasteiger partial charge in [0.05, 0.1) is 7.11 Å². The quantitative estimate of drug-likeness (QED) is 0.362. The Morgan fingerprint density at radius 3 is 1.95 bits per heavy atom. The van der Waals surface area contributed by atoms with Crippen LogP contribution in [0.15, 0.2) is 0 Å². The smallest absolute Gasteiger partial charge is 0.459 e. The maximum Gasteiger partial charge on any atom is 0.459 e. The second-order valence-electron chi connectivity index (χ2n) is 4.94. The Morgan fingerprint density at radius 2 is 1.59 bits per heavy atom. The number of hydrogen-bond donors (Lipinski definition) is 0. The highest BCUT2D eigenvalue weighted by Crippen LogP contribution is 2.48. The van der Waals surface area contributed by atoms with E-state index in [9.17, 15) is 35.5 Å². The fraction of sp³-hybridized carbons (Fsp3) is 0.917. The summed E-state index contributed by atoms with van der Waals surface area (Å²) in [6.45, 7) is 3.34. The van der Waals surface area contributed by atoms with Gasteiger partial charge in [-0.05, 0) is 18.1 Å². The molecule has 0 fully saturated rings. The molecule has 0 aliphatic rings. The number of alkyl halides is 7. The summed E-state index contributed by atoms with van der Waals surface area (Å²) in [6.07, 6.45) is -8.53. The van der Waals surface area contributed by atoms with Crippen molar-refractivity contribution in [3.05, 3.63) is 0 Å². The highest BCUT2D eigenvalue weighted by molar-refractivity contribution is 8.00. The van der Waals surface area contributed by atoms with E-state index in [1.54, 1.807) is 13.8 Å². The van der Waals surface area contributed by atoms with Crippen molar-refractivity contribution in [2.45, 2.75) is 50.0 Å². The molecule has 0 heterocycles. The lowest BCUT2D eigenvalue weighted by atomic mass is 10.1. The van der Waals surface area contributed by atoms with Crippen LogP contribution in [0.3, 0.4) is 0 Å². The standard InChI is InChI=1S/C12H17F7O2S/c1-7(2)8(9(20)21-3)22-6-4-5-10(13,14)11(15,16)12(17,18)19/h7-8H,4-6H2,1-3H3. The van der Waals surface area contributed by atoms with Gasteiger partial charge < -0.3 is 4.74 Å². The van der Waals surface area contributed by atoms with Crippen LogP contribution in [0.25, 0.3) is 0 Å². The van der Waals surface area contributed by atoms with Gasteiger partial charge in [0.1, 0.15) is 5.25 Å². The molecule has 0 spiro atoms. The minimum Gasteiger partial charge on any atom is -0.468 e. The SMILES string of the molecule is COC(=O)C(SCCCC(F)(F)C(F)(F)C(F)(F)F)C(C)C. The number of hydrogen-bond acceptors (Lipinski definition) is 3. The minimum absolute atomic E-state index is 0.165. The van der Waals surface area contributed by atoms with E-state index in [-0.39, 0.29) is 11.7 Å². The lowest BCUT2D eigenvalue weighted by molar-refractivity contribution is -0.355. The maximum atomic E-state index is 13.0. The van der Waals surface area contributed by atoms with Crippen molar-refractivity contribution in [3.8, 4) is 0 Å². The van der Waals surface area contributed by atoms with Crippen molar-refractivity contribution in [1.29, 1.82) is 0 Å². The molecule has 132 valence electrons. The predicted octanol–water partition coefficient (Wildman–Crippen LogP) is 4.53. The topological polar surface area (TPSA) is 26.3 Å². The van der Waals surface area contributed by atoms with Crippen LogP contribution in [-0.4, -0.2) is 42.1 Å². The summed E-state index contributed by atoms with van der Waals surface area (Å²) in [7, 11) is 1.14. The van der Waals surface area contributed by atoms with Crippen LogP contribution in [0, 0.1) is 5.92 Å². The summed E-state index contributed by atoms with van der Waals surface area (Å²) in [5.74, 6) is -12.2. The van der Waals surface area contributed by atoms with Gasteiger partial charge in [-0.1, -0.05) is 13.8 Å². The summed E-state index contributed by atoms with van der Waals surface area (Å²) in [5, 5.41) is -0.693. The Labute approximate surface area is 127 Å². The first-order valence-electron chi connectivity index (χ1n) is 6.29. The van der Waals surface area contributed by atoms with E-state index in [2.05, 4.69) is 4.74 Å². The summed E-state index contributed by atoms with van der Waals surface area (Å²) in [6, 6.07) is 0. The number of thioether (sulfide) groups is 1. The van der Waals surface area contributed by atoms with E-state index < -0.39 is 42.1 Å². The Balaban J connectivity index is 4.55. The normalized spacial score (nSPS) is 15.0. The fourth-order valence-corrected chi connectivity index (χ4v) is 2.70. The first kappa shape index (κ1) is 21.3. The third-order valence-electron chi connectivity index (χ3n) is 2.79. The number of carbonyl (C=O) groups is 1. The fourth-order valence-electron chi connectivity index (χ4n) is 1.52. The van der Waals surface area contributed by atoms with Gasteiger partial charge in [-0.2, -0.15) is 30.7 Å². The Morgan fingerprint density at radius 1 is 1.09 bits per heavy atom. The lowest BCUT2D eigenvalue weighted by Gasteiger charge is -2.28. The average molecular weight is 358 g/mol. The number of carbonyl (C=O) groups excluding carboxylic acids is 1. The molecule has 0 aromatic rings. The highest BCUT2D eigenvalue weighted by Gasteiger charge is 2.72. The van der Waals surface area contributed by atoms with Gasteiger partial charge in [-0.3, -0.25) is 4.79 Å². The summed E-state index contributed by atoms with van der Waals surface area (Å²) in [5.41, 5.74) is 0. The number of methoxy groups -OCH3 is 1. The molecule has 0 N–H and O–H groups in total. The lowest BCUT2D eigenvalue weighted by Crippen LogP contribution is -2.51. The van der Waals surface area contributed by atoms with Gasteiger partial charge in [0.25, 0.3) is 0 Å². The predicted molar refractivity (Wildman–Crippen MR) is 68.3 cm³/mol. The summed E-state index contributed by atoms with van der Waals surface area (Å²) < 4.78 is 91.6. The van der Waals surface area contributed by atoms with Crippen LogP contribution in [0.2, 0.25) is 0 Å². The van der Waals surface area contributed by atoms with E-state index in [4.69, 9.17) is 0 Å². The van der Waals surface area contributed by atoms with Crippen LogP contribution in [-0.2, 0) is 9.53 Å². The molecular formula is C12H17F7O2S. The number of ether oxygens (including phenoxy) is 1. The molecule has 0 rings (SSSR count). The van der Waals surface area contributed by atoms with E-state index in [0.717, 1.165) is 18.9 Å². The van der Waals surface area contributed by atoms with Crippen molar-refractivity contribution in [1.82, 2.24) is 0 Å². The second kappa shape index (κ2) is 7.74. The first-order chi connectivity index (χ1) is 9.78. The van der Waals surface area contributed by atoms with Crippen LogP contribution in [0.1, 0.15) is 26.7 Å². The highest BCUT2D eigenvalue weighted by atomic mass is 32.2. The Hall–Kier alpha value is -0.670. The second-order valence-corrected chi connectivity index (χ2v) is 6.19. The Kier molecular flexibility index (Phi) is 7.50. The molecule has 0 aliphatic heterocycles. The van der Waals surface area contributed by atoms with E-state index >= 15 is 0 Å². The summed E-state index contributed by atoms with van der Waals surface area (Å²) in [4.78, 5) is 11.4. The van der Waals surface area contributed by atoms with Gasteiger partial charge in [0, 0.05) is 6.42 Å². The van der Waals surface area contributed by atoms with Crippen molar-refractivity contribution in [2.24, 2.45) is 5.92 Å². The molecule has 0 aromatic heterocycles. The van der Waals surface area contributed by atoms with Crippen molar-refractivity contribution in [2.75, 3.05) is 12.9 Å². The zero-order chi connectivity index (χ0) is 17.8. The number of halogens is 7. The zero-order valence-electron chi connectivity index (χ0n) is 12.1. The monoisotopic (exact) mass is 358 g/mol. The van der Waals surface area contributed by atoms with Crippen LogP contribution >= 0.6 is 11.8 Å². The number of esters is 1. The first-order valence-corrected chi connectivity index (χ1v) is 7.34. The molecule has 2 nitrogen and oxygen atoms in total. The molecule has 0 saturated heterocycles. The molecule has 0 amide bonds. The van der Waals surface area contributed by atoms with Crippen LogP contribution in [0.4, 0.5) is 30.7 Å². The molecule has 22 heavy (non-hydrogen) atoms. The van der Waals surface area contributed by atoms with Crippen LogP contribution < -0.4 is 0 Å². The van der Waals surface area contributed by atoms with E-state index in [1.165, 1.54) is 0 Å². The van der Waals surface area contributed by atoms with E-state index in [0.29, 0.717) is 0 Å². The molecule has 0 aliphatic carbocycles. The average Bonchev–Trinajstić information content (AvgIpc) is 2.35. The van der Waals surface area contributed by atoms with Crippen molar-refractivity contribution in [3.63, 3.8) is 0 Å². The molecular weight excluding hydrogens is 341 g/mol. The third kappa shape index (κ3) is 5.20. The van der Waals surface area contributed by atoms with E-state index in [1.807, 2.05) is 0 Å². The van der Waals surface area contributed by atoms with Crippen molar-refractivity contribution < 1.29 is 40.3 Å².